The Balaban J connectivity index is 1.84. The first kappa shape index (κ1) is 16.9. The van der Waals surface area contributed by atoms with Crippen LogP contribution >= 0.6 is 27.7 Å². The van der Waals surface area contributed by atoms with Crippen LogP contribution in [0.15, 0.2) is 21.2 Å². The van der Waals surface area contributed by atoms with Gasteiger partial charge in [0.15, 0.2) is 10.4 Å². The van der Waals surface area contributed by atoms with Gasteiger partial charge in [0.2, 0.25) is 5.91 Å². The van der Waals surface area contributed by atoms with Crippen molar-refractivity contribution in [1.29, 1.82) is 0 Å². The van der Waals surface area contributed by atoms with Crippen molar-refractivity contribution in [3.05, 3.63) is 22.6 Å². The molecule has 2 rings (SSSR count). The van der Waals surface area contributed by atoms with E-state index in [1.54, 1.807) is 11.0 Å². The zero-order chi connectivity index (χ0) is 16.1. The number of nitrogens with zero attached hydrogens (tertiary/aromatic N) is 1. The summed E-state index contributed by atoms with van der Waals surface area (Å²) in [5.74, 6) is -0.263. The van der Waals surface area contributed by atoms with Gasteiger partial charge >= 0.3 is 5.97 Å². The zero-order valence-electron chi connectivity index (χ0n) is 11.8. The predicted molar refractivity (Wildman–Crippen MR) is 83.6 cm³/mol. The molecule has 1 aromatic heterocycles. The van der Waals surface area contributed by atoms with E-state index in [2.05, 4.69) is 21.2 Å². The number of esters is 1. The van der Waals surface area contributed by atoms with Gasteiger partial charge in [-0.3, -0.25) is 14.4 Å². The summed E-state index contributed by atoms with van der Waals surface area (Å²) in [7, 11) is 1.32. The summed E-state index contributed by atoms with van der Waals surface area (Å²) >= 11 is 4.57. The van der Waals surface area contributed by atoms with Gasteiger partial charge in [0.05, 0.1) is 13.7 Å². The highest BCUT2D eigenvalue weighted by Crippen LogP contribution is 2.19. The Hall–Kier alpha value is -1.48. The Labute approximate surface area is 139 Å². The average molecular weight is 391 g/mol. The highest BCUT2D eigenvalue weighted by Gasteiger charge is 2.29. The number of furan rings is 1. The summed E-state index contributed by atoms with van der Waals surface area (Å²) < 4.78 is 10.2. The van der Waals surface area contributed by atoms with Crippen molar-refractivity contribution in [3.63, 3.8) is 0 Å². The van der Waals surface area contributed by atoms with E-state index in [4.69, 9.17) is 9.15 Å². The van der Waals surface area contributed by atoms with Crippen LogP contribution in [0.3, 0.4) is 0 Å². The van der Waals surface area contributed by atoms with Crippen molar-refractivity contribution in [2.75, 3.05) is 32.5 Å². The molecule has 0 spiro atoms. The topological polar surface area (TPSA) is 88.9 Å². The SMILES string of the molecule is COC(=O)[C@H]1CN(C(=O)CNC(=O)c2ccc(Br)o2)CCS1. The normalized spacial score (nSPS) is 17.9. The number of hydrogen-bond donors (Lipinski definition) is 1. The fourth-order valence-electron chi connectivity index (χ4n) is 1.94. The first-order valence-electron chi connectivity index (χ1n) is 6.52. The van der Waals surface area contributed by atoms with Crippen LogP contribution < -0.4 is 5.32 Å². The molecule has 0 radical (unpaired) electrons. The number of carbonyl (C=O) groups is 3. The van der Waals surface area contributed by atoms with Crippen molar-refractivity contribution >= 4 is 45.5 Å². The molecule has 1 aromatic rings. The molecule has 0 saturated carbocycles. The summed E-state index contributed by atoms with van der Waals surface area (Å²) in [5.41, 5.74) is 0. The van der Waals surface area contributed by atoms with Crippen LogP contribution in [0.2, 0.25) is 0 Å². The second-order valence-electron chi connectivity index (χ2n) is 4.51. The average Bonchev–Trinajstić information content (AvgIpc) is 2.98. The summed E-state index contributed by atoms with van der Waals surface area (Å²) in [6.45, 7) is 0.688. The number of thioether (sulfide) groups is 1. The highest BCUT2D eigenvalue weighted by molar-refractivity contribution is 9.10. The predicted octanol–water partition coefficient (Wildman–Crippen LogP) is 0.889. The van der Waals surface area contributed by atoms with Crippen molar-refractivity contribution in [1.82, 2.24) is 10.2 Å². The van der Waals surface area contributed by atoms with E-state index in [0.717, 1.165) is 0 Å². The second kappa shape index (κ2) is 7.68. The van der Waals surface area contributed by atoms with E-state index in [-0.39, 0.29) is 29.4 Å². The van der Waals surface area contributed by atoms with E-state index in [1.165, 1.54) is 24.9 Å². The van der Waals surface area contributed by atoms with Gasteiger partial charge in [0.25, 0.3) is 5.91 Å². The number of hydrogen-bond acceptors (Lipinski definition) is 6. The van der Waals surface area contributed by atoms with E-state index in [1.807, 2.05) is 0 Å². The quantitative estimate of drug-likeness (QED) is 0.767. The molecule has 1 saturated heterocycles. The number of methoxy groups -OCH3 is 1. The lowest BCUT2D eigenvalue weighted by Crippen LogP contribution is -2.48. The lowest BCUT2D eigenvalue weighted by Gasteiger charge is -2.31. The molecule has 2 heterocycles. The van der Waals surface area contributed by atoms with Gasteiger partial charge in [-0.25, -0.2) is 0 Å². The third-order valence-electron chi connectivity index (χ3n) is 3.08. The molecule has 2 amide bonds. The summed E-state index contributed by atoms with van der Waals surface area (Å²) in [4.78, 5) is 37.0. The summed E-state index contributed by atoms with van der Waals surface area (Å²) in [6.07, 6.45) is 0. The first-order chi connectivity index (χ1) is 10.5. The smallest absolute Gasteiger partial charge is 0.320 e. The van der Waals surface area contributed by atoms with E-state index in [0.29, 0.717) is 23.5 Å². The van der Waals surface area contributed by atoms with Gasteiger partial charge in [-0.15, -0.1) is 11.8 Å². The molecule has 0 bridgehead atoms. The number of rotatable bonds is 4. The van der Waals surface area contributed by atoms with Gasteiger partial charge in [-0.05, 0) is 28.1 Å². The molecule has 7 nitrogen and oxygen atoms in total. The lowest BCUT2D eigenvalue weighted by molar-refractivity contribution is -0.141. The van der Waals surface area contributed by atoms with E-state index in [9.17, 15) is 14.4 Å². The van der Waals surface area contributed by atoms with Gasteiger partial charge in [0, 0.05) is 18.8 Å². The molecule has 0 unspecified atom stereocenters. The van der Waals surface area contributed by atoms with Crippen LogP contribution in [0, 0.1) is 0 Å². The lowest BCUT2D eigenvalue weighted by atomic mass is 10.3. The van der Waals surface area contributed by atoms with Crippen molar-refractivity contribution in [2.45, 2.75) is 5.25 Å². The molecule has 1 atom stereocenters. The van der Waals surface area contributed by atoms with Crippen LogP contribution in [0.4, 0.5) is 0 Å². The van der Waals surface area contributed by atoms with Crippen LogP contribution in [0.1, 0.15) is 10.6 Å². The molecule has 1 fully saturated rings. The molecule has 1 aliphatic heterocycles. The Kier molecular flexibility index (Phi) is 5.90. The molecular formula is C13H15BrN2O5S. The van der Waals surface area contributed by atoms with E-state index >= 15 is 0 Å². The minimum Gasteiger partial charge on any atom is -0.468 e. The summed E-state index contributed by atoms with van der Waals surface area (Å²) in [5, 5.41) is 2.12. The Morgan fingerprint density at radius 2 is 2.27 bits per heavy atom. The molecular weight excluding hydrogens is 376 g/mol. The number of halogens is 1. The standard InChI is InChI=1S/C13H15BrN2O5S/c1-20-13(19)9-7-16(4-5-22-9)11(17)6-15-12(18)8-2-3-10(14)21-8/h2-3,9H,4-7H2,1H3,(H,15,18)/t9-/m1/s1. The van der Waals surface area contributed by atoms with Crippen molar-refractivity contribution in [2.24, 2.45) is 0 Å². The molecule has 0 aliphatic carbocycles. The molecule has 120 valence electrons. The first-order valence-corrected chi connectivity index (χ1v) is 8.36. The van der Waals surface area contributed by atoms with Crippen LogP contribution in [-0.2, 0) is 14.3 Å². The summed E-state index contributed by atoms with van der Waals surface area (Å²) in [6, 6.07) is 3.11. The Morgan fingerprint density at radius 3 is 2.91 bits per heavy atom. The molecule has 1 N–H and O–H groups in total. The molecule has 1 aliphatic rings. The number of ether oxygens (including phenoxy) is 1. The minimum absolute atomic E-state index is 0.126. The largest absolute Gasteiger partial charge is 0.468 e. The number of carbonyl (C=O) groups excluding carboxylic acids is 3. The number of amides is 2. The molecule has 9 heteroatoms. The molecule has 22 heavy (non-hydrogen) atoms. The highest BCUT2D eigenvalue weighted by atomic mass is 79.9. The van der Waals surface area contributed by atoms with Gasteiger partial charge < -0.3 is 19.4 Å². The zero-order valence-corrected chi connectivity index (χ0v) is 14.2. The number of nitrogens with one attached hydrogen (secondary N) is 1. The van der Waals surface area contributed by atoms with E-state index < -0.39 is 5.91 Å². The van der Waals surface area contributed by atoms with Crippen LogP contribution in [0.5, 0.6) is 0 Å². The maximum Gasteiger partial charge on any atom is 0.320 e. The molecule has 0 aromatic carbocycles. The third kappa shape index (κ3) is 4.26. The monoisotopic (exact) mass is 390 g/mol. The van der Waals surface area contributed by atoms with Crippen LogP contribution in [-0.4, -0.2) is 60.4 Å². The van der Waals surface area contributed by atoms with Gasteiger partial charge in [-0.2, -0.15) is 0 Å². The van der Waals surface area contributed by atoms with Crippen molar-refractivity contribution < 1.29 is 23.5 Å². The minimum atomic E-state index is -0.463. The third-order valence-corrected chi connectivity index (χ3v) is 4.67. The van der Waals surface area contributed by atoms with Crippen LogP contribution in [0.25, 0.3) is 0 Å². The maximum absolute atomic E-state index is 12.1. The Morgan fingerprint density at radius 1 is 1.50 bits per heavy atom. The van der Waals surface area contributed by atoms with Gasteiger partial charge in [0.1, 0.15) is 5.25 Å². The fraction of sp³-hybridized carbons (Fsp3) is 0.462. The van der Waals surface area contributed by atoms with Crippen molar-refractivity contribution in [3.8, 4) is 0 Å². The second-order valence-corrected chi connectivity index (χ2v) is 6.60. The van der Waals surface area contributed by atoms with Gasteiger partial charge in [-0.1, -0.05) is 0 Å². The fourth-order valence-corrected chi connectivity index (χ4v) is 3.38. The maximum atomic E-state index is 12.1. The Bertz CT molecular complexity index is 577.